The molecule has 2 aliphatic carbocycles. The Morgan fingerprint density at radius 2 is 1.57 bits per heavy atom. The average molecular weight is 738 g/mol. The highest BCUT2D eigenvalue weighted by molar-refractivity contribution is 9.10. The number of anilines is 2. The van der Waals surface area contributed by atoms with Gasteiger partial charge in [0, 0.05) is 15.4 Å². The SMILES string of the molecule is COc1cc(C2C3=CCC4C(=O)N(c5ccc(Br)cc5)C(=O)C4C3CC3C(=O)N(c4cccc(Cl)c4)C(=O)C32c2ccccc2)ccc1O. The number of imide groups is 2. The summed E-state index contributed by atoms with van der Waals surface area (Å²) >= 11 is 9.81. The molecule has 10 heteroatoms. The maximum Gasteiger partial charge on any atom is 0.246 e. The maximum absolute atomic E-state index is 15.3. The van der Waals surface area contributed by atoms with Crippen molar-refractivity contribution < 1.29 is 29.0 Å². The van der Waals surface area contributed by atoms with Gasteiger partial charge in [-0.3, -0.25) is 24.1 Å². The Labute approximate surface area is 296 Å². The number of phenols is 1. The van der Waals surface area contributed by atoms with Crippen molar-refractivity contribution in [2.75, 3.05) is 16.9 Å². The zero-order valence-electron chi connectivity index (χ0n) is 26.3. The number of carbonyl (C=O) groups excluding carboxylic acids is 4. The Kier molecular flexibility index (Phi) is 7.53. The van der Waals surface area contributed by atoms with Crippen molar-refractivity contribution in [2.24, 2.45) is 23.7 Å². The van der Waals surface area contributed by atoms with Crippen molar-refractivity contribution in [1.29, 1.82) is 0 Å². The minimum Gasteiger partial charge on any atom is -0.504 e. The van der Waals surface area contributed by atoms with Gasteiger partial charge in [-0.1, -0.05) is 81.6 Å². The lowest BCUT2D eigenvalue weighted by molar-refractivity contribution is -0.127. The number of carbonyl (C=O) groups is 4. The van der Waals surface area contributed by atoms with Gasteiger partial charge >= 0.3 is 0 Å². The van der Waals surface area contributed by atoms with E-state index >= 15 is 4.79 Å². The van der Waals surface area contributed by atoms with E-state index < -0.39 is 46.8 Å². The molecule has 4 aromatic rings. The summed E-state index contributed by atoms with van der Waals surface area (Å²) in [4.78, 5) is 61.0. The molecule has 3 fully saturated rings. The standard InChI is InChI=1S/C39H30BrClN2O6/c1-49-32-18-21(10-17-31(32)44)34-27-15-16-28-33(37(47)42(35(28)45)25-13-11-23(40)12-14-25)29(27)20-30-36(46)43(26-9-5-8-24(41)19-26)38(48)39(30,34)22-6-3-2-4-7-22/h2-15,17-19,28-30,33-34,44H,16,20H2,1H3. The highest BCUT2D eigenvalue weighted by atomic mass is 79.9. The van der Waals surface area contributed by atoms with Gasteiger partial charge in [0.25, 0.3) is 0 Å². The Morgan fingerprint density at radius 1 is 0.816 bits per heavy atom. The Bertz CT molecular complexity index is 2080. The number of hydrogen-bond donors (Lipinski definition) is 1. The molecular formula is C39H30BrClN2O6. The van der Waals surface area contributed by atoms with Crippen LogP contribution in [0.1, 0.15) is 29.9 Å². The lowest BCUT2D eigenvalue weighted by atomic mass is 9.49. The van der Waals surface area contributed by atoms with Crippen LogP contribution in [0.15, 0.2) is 113 Å². The fraction of sp³-hybridized carbons (Fsp3) is 0.231. The van der Waals surface area contributed by atoms with Gasteiger partial charge in [-0.25, -0.2) is 4.90 Å². The first-order valence-corrected chi connectivity index (χ1v) is 17.2. The van der Waals surface area contributed by atoms with E-state index in [1.54, 1.807) is 60.7 Å². The van der Waals surface area contributed by atoms with E-state index in [-0.39, 0.29) is 29.7 Å². The van der Waals surface area contributed by atoms with Crippen molar-refractivity contribution in [3.8, 4) is 11.5 Å². The van der Waals surface area contributed by atoms with Gasteiger partial charge < -0.3 is 9.84 Å². The fourth-order valence-corrected chi connectivity index (χ4v) is 9.29. The van der Waals surface area contributed by atoms with Crippen LogP contribution in [0.3, 0.4) is 0 Å². The zero-order valence-corrected chi connectivity index (χ0v) is 28.6. The van der Waals surface area contributed by atoms with Crippen LogP contribution in [-0.2, 0) is 24.6 Å². The Balaban J connectivity index is 1.36. The summed E-state index contributed by atoms with van der Waals surface area (Å²) in [5.41, 5.74) is 1.55. The van der Waals surface area contributed by atoms with Crippen molar-refractivity contribution in [3.63, 3.8) is 0 Å². The molecule has 1 saturated carbocycles. The molecule has 2 aliphatic heterocycles. The molecule has 8 nitrogen and oxygen atoms in total. The largest absolute Gasteiger partial charge is 0.504 e. The second-order valence-electron chi connectivity index (χ2n) is 13.0. The number of allylic oxidation sites excluding steroid dienone is 2. The molecule has 246 valence electrons. The van der Waals surface area contributed by atoms with Gasteiger partial charge in [0.05, 0.1) is 41.7 Å². The van der Waals surface area contributed by atoms with E-state index in [1.807, 2.05) is 36.4 Å². The van der Waals surface area contributed by atoms with Gasteiger partial charge in [0.15, 0.2) is 11.5 Å². The molecule has 0 aromatic heterocycles. The first-order valence-electron chi connectivity index (χ1n) is 16.1. The van der Waals surface area contributed by atoms with Crippen molar-refractivity contribution in [1.82, 2.24) is 0 Å². The van der Waals surface area contributed by atoms with Crippen molar-refractivity contribution in [3.05, 3.63) is 129 Å². The molecule has 4 amide bonds. The molecule has 6 unspecified atom stereocenters. The number of nitrogens with zero attached hydrogens (tertiary/aromatic N) is 2. The van der Waals surface area contributed by atoms with Crippen LogP contribution >= 0.6 is 27.5 Å². The molecular weight excluding hydrogens is 708 g/mol. The van der Waals surface area contributed by atoms with Gasteiger partial charge in [-0.05, 0) is 84.5 Å². The summed E-state index contributed by atoms with van der Waals surface area (Å²) in [5.74, 6) is -4.72. The number of hydrogen-bond acceptors (Lipinski definition) is 6. The predicted octanol–water partition coefficient (Wildman–Crippen LogP) is 7.18. The smallest absolute Gasteiger partial charge is 0.246 e. The highest BCUT2D eigenvalue weighted by Crippen LogP contribution is 2.64. The minimum atomic E-state index is -1.42. The summed E-state index contributed by atoms with van der Waals surface area (Å²) in [5, 5.41) is 11.0. The number of amides is 4. The molecule has 6 atom stereocenters. The summed E-state index contributed by atoms with van der Waals surface area (Å²) in [6, 6.07) is 28.0. The monoisotopic (exact) mass is 736 g/mol. The second kappa shape index (κ2) is 11.7. The third-order valence-electron chi connectivity index (χ3n) is 10.8. The number of fused-ring (bicyclic) bond motifs is 4. The topological polar surface area (TPSA) is 104 Å². The van der Waals surface area contributed by atoms with Crippen LogP contribution in [0.4, 0.5) is 11.4 Å². The molecule has 4 aromatic carbocycles. The molecule has 8 rings (SSSR count). The van der Waals surface area contributed by atoms with E-state index in [0.29, 0.717) is 33.9 Å². The van der Waals surface area contributed by atoms with Gasteiger partial charge in [-0.15, -0.1) is 0 Å². The quantitative estimate of drug-likeness (QED) is 0.172. The number of rotatable bonds is 5. The third kappa shape index (κ3) is 4.55. The van der Waals surface area contributed by atoms with Crippen LogP contribution in [0.2, 0.25) is 5.02 Å². The highest BCUT2D eigenvalue weighted by Gasteiger charge is 2.70. The first-order chi connectivity index (χ1) is 23.7. The number of halogens is 2. The second-order valence-corrected chi connectivity index (χ2v) is 14.4. The number of phenolic OH excluding ortho intramolecular Hbond substituents is 1. The van der Waals surface area contributed by atoms with Crippen molar-refractivity contribution >= 4 is 62.5 Å². The minimum absolute atomic E-state index is 0.0716. The normalized spacial score (nSPS) is 27.5. The summed E-state index contributed by atoms with van der Waals surface area (Å²) in [6.45, 7) is 0. The molecule has 1 N–H and O–H groups in total. The number of ether oxygens (including phenoxy) is 1. The van der Waals surface area contributed by atoms with E-state index in [1.165, 1.54) is 23.0 Å². The lowest BCUT2D eigenvalue weighted by Gasteiger charge is -2.50. The van der Waals surface area contributed by atoms with E-state index in [4.69, 9.17) is 16.3 Å². The molecule has 49 heavy (non-hydrogen) atoms. The van der Waals surface area contributed by atoms with Gasteiger partial charge in [-0.2, -0.15) is 0 Å². The molecule has 0 spiro atoms. The Hall–Kier alpha value is -4.73. The maximum atomic E-state index is 15.3. The zero-order chi connectivity index (χ0) is 34.2. The lowest BCUT2D eigenvalue weighted by Crippen LogP contribution is -2.53. The average Bonchev–Trinajstić information content (AvgIpc) is 3.50. The van der Waals surface area contributed by atoms with E-state index in [0.717, 1.165) is 10.0 Å². The van der Waals surface area contributed by atoms with Crippen LogP contribution < -0.4 is 14.5 Å². The fourth-order valence-electron chi connectivity index (χ4n) is 8.84. The van der Waals surface area contributed by atoms with E-state index in [2.05, 4.69) is 15.9 Å². The summed E-state index contributed by atoms with van der Waals surface area (Å²) < 4.78 is 6.35. The number of benzene rings is 4. The summed E-state index contributed by atoms with van der Waals surface area (Å²) in [7, 11) is 1.45. The van der Waals surface area contributed by atoms with Crippen LogP contribution in [0.25, 0.3) is 0 Å². The number of methoxy groups -OCH3 is 1. The Morgan fingerprint density at radius 3 is 2.29 bits per heavy atom. The van der Waals surface area contributed by atoms with E-state index in [9.17, 15) is 19.5 Å². The van der Waals surface area contributed by atoms with Crippen LogP contribution in [0, 0.1) is 23.7 Å². The molecule has 4 aliphatic rings. The van der Waals surface area contributed by atoms with Crippen LogP contribution in [0.5, 0.6) is 11.5 Å². The summed E-state index contributed by atoms with van der Waals surface area (Å²) in [6.07, 6.45) is 2.49. The molecule has 2 saturated heterocycles. The van der Waals surface area contributed by atoms with Gasteiger partial charge in [0.1, 0.15) is 0 Å². The molecule has 0 radical (unpaired) electrons. The molecule has 2 heterocycles. The first kappa shape index (κ1) is 31.5. The van der Waals surface area contributed by atoms with Gasteiger partial charge in [0.2, 0.25) is 23.6 Å². The number of aromatic hydroxyl groups is 1. The molecule has 0 bridgehead atoms. The third-order valence-corrected chi connectivity index (χ3v) is 11.6. The predicted molar refractivity (Wildman–Crippen MR) is 187 cm³/mol. The van der Waals surface area contributed by atoms with Crippen molar-refractivity contribution in [2.45, 2.75) is 24.2 Å². The van der Waals surface area contributed by atoms with Crippen LogP contribution in [-0.4, -0.2) is 35.8 Å².